The Morgan fingerprint density at radius 1 is 1.12 bits per heavy atom. The Kier molecular flexibility index (Phi) is 5.28. The summed E-state index contributed by atoms with van der Waals surface area (Å²) in [5.74, 6) is -0.441. The zero-order valence-corrected chi connectivity index (χ0v) is 14.3. The van der Waals surface area contributed by atoms with Gasteiger partial charge in [0.1, 0.15) is 11.8 Å². The number of hydrogen-bond donors (Lipinski definition) is 2. The van der Waals surface area contributed by atoms with Crippen LogP contribution >= 0.6 is 0 Å². The Hall–Kier alpha value is -3.19. The summed E-state index contributed by atoms with van der Waals surface area (Å²) in [6.45, 7) is 2.41. The second kappa shape index (κ2) is 7.79. The Bertz CT molecular complexity index is 805. The summed E-state index contributed by atoms with van der Waals surface area (Å²) in [6, 6.07) is 14.5. The van der Waals surface area contributed by atoms with Gasteiger partial charge in [-0.15, -0.1) is 0 Å². The number of ether oxygens (including phenoxy) is 1. The minimum atomic E-state index is -0.804. The van der Waals surface area contributed by atoms with E-state index in [0.29, 0.717) is 23.6 Å². The summed E-state index contributed by atoms with van der Waals surface area (Å²) in [4.78, 5) is 37.9. The fourth-order valence-electron chi connectivity index (χ4n) is 2.69. The van der Waals surface area contributed by atoms with Crippen LogP contribution in [0, 0.1) is 0 Å². The van der Waals surface area contributed by atoms with Crippen LogP contribution in [0.5, 0.6) is 5.75 Å². The highest BCUT2D eigenvalue weighted by molar-refractivity contribution is 6.22. The first-order valence-corrected chi connectivity index (χ1v) is 8.30. The molecule has 2 aromatic rings. The normalized spacial score (nSPS) is 16.7. The highest BCUT2D eigenvalue weighted by Crippen LogP contribution is 2.25. The summed E-state index contributed by atoms with van der Waals surface area (Å²) in [7, 11) is 0. The average Bonchev–Trinajstić information content (AvgIpc) is 2.95. The van der Waals surface area contributed by atoms with Gasteiger partial charge >= 0.3 is 0 Å². The molecule has 2 aromatic carbocycles. The third-order valence-electron chi connectivity index (χ3n) is 3.95. The van der Waals surface area contributed by atoms with Gasteiger partial charge in [0.05, 0.1) is 18.7 Å². The van der Waals surface area contributed by atoms with Crippen molar-refractivity contribution in [1.82, 2.24) is 10.9 Å². The maximum absolute atomic E-state index is 12.5. The molecule has 0 unspecified atom stereocenters. The van der Waals surface area contributed by atoms with Crippen molar-refractivity contribution in [2.75, 3.05) is 11.5 Å². The van der Waals surface area contributed by atoms with Crippen LogP contribution in [-0.2, 0) is 9.59 Å². The van der Waals surface area contributed by atoms with E-state index in [9.17, 15) is 14.4 Å². The van der Waals surface area contributed by atoms with Crippen LogP contribution in [0.2, 0.25) is 0 Å². The largest absolute Gasteiger partial charge is 0.494 e. The van der Waals surface area contributed by atoms with Gasteiger partial charge in [0.15, 0.2) is 0 Å². The molecule has 0 bridgehead atoms. The SMILES string of the molecule is CCOc1ccc(N2C(=O)C[C@@H](NNC(=O)c3ccccc3)C2=O)cc1. The first kappa shape index (κ1) is 17.6. The first-order valence-electron chi connectivity index (χ1n) is 8.30. The van der Waals surface area contributed by atoms with E-state index in [1.165, 1.54) is 0 Å². The fourth-order valence-corrected chi connectivity index (χ4v) is 2.69. The molecule has 1 fully saturated rings. The lowest BCUT2D eigenvalue weighted by Gasteiger charge is -2.16. The van der Waals surface area contributed by atoms with Crippen molar-refractivity contribution in [3.8, 4) is 5.75 Å². The highest BCUT2D eigenvalue weighted by Gasteiger charge is 2.39. The van der Waals surface area contributed by atoms with Gasteiger partial charge in [0, 0.05) is 5.56 Å². The predicted octanol–water partition coefficient (Wildman–Crippen LogP) is 1.65. The summed E-state index contributed by atoms with van der Waals surface area (Å²) < 4.78 is 5.36. The van der Waals surface area contributed by atoms with Crippen LogP contribution in [0.1, 0.15) is 23.7 Å². The standard InChI is InChI=1S/C19H19N3O4/c1-2-26-15-10-8-14(9-11-15)22-17(23)12-16(19(22)25)20-21-18(24)13-6-4-3-5-7-13/h3-11,16,20H,2,12H2,1H3,(H,21,24)/t16-/m1/s1. The molecule has 0 aromatic heterocycles. The van der Waals surface area contributed by atoms with Gasteiger partial charge in [0.25, 0.3) is 11.8 Å². The molecule has 1 aliphatic heterocycles. The summed E-state index contributed by atoms with van der Waals surface area (Å²) in [6.07, 6.45) is -0.0267. The quantitative estimate of drug-likeness (QED) is 0.609. The third kappa shape index (κ3) is 3.73. The number of carbonyl (C=O) groups is 3. The van der Waals surface area contributed by atoms with Gasteiger partial charge in [0.2, 0.25) is 5.91 Å². The first-order chi connectivity index (χ1) is 12.6. The number of nitrogens with zero attached hydrogens (tertiary/aromatic N) is 1. The number of rotatable bonds is 6. The average molecular weight is 353 g/mol. The smallest absolute Gasteiger partial charge is 0.265 e. The molecule has 3 rings (SSSR count). The van der Waals surface area contributed by atoms with E-state index in [1.807, 2.05) is 6.92 Å². The minimum absolute atomic E-state index is 0.0267. The second-order valence-corrected chi connectivity index (χ2v) is 5.72. The number of carbonyl (C=O) groups excluding carboxylic acids is 3. The predicted molar refractivity (Wildman–Crippen MR) is 95.6 cm³/mol. The van der Waals surface area contributed by atoms with Crippen molar-refractivity contribution in [1.29, 1.82) is 0 Å². The third-order valence-corrected chi connectivity index (χ3v) is 3.95. The van der Waals surface area contributed by atoms with E-state index in [-0.39, 0.29) is 18.2 Å². The van der Waals surface area contributed by atoms with Crippen molar-refractivity contribution in [3.63, 3.8) is 0 Å². The van der Waals surface area contributed by atoms with Gasteiger partial charge in [-0.25, -0.2) is 10.3 Å². The molecule has 0 saturated carbocycles. The van der Waals surface area contributed by atoms with Gasteiger partial charge in [-0.1, -0.05) is 18.2 Å². The minimum Gasteiger partial charge on any atom is -0.494 e. The number of hydrogen-bond acceptors (Lipinski definition) is 5. The van der Waals surface area contributed by atoms with E-state index in [4.69, 9.17) is 4.74 Å². The van der Waals surface area contributed by atoms with Crippen LogP contribution in [0.25, 0.3) is 0 Å². The van der Waals surface area contributed by atoms with Gasteiger partial charge in [-0.3, -0.25) is 19.8 Å². The lowest BCUT2D eigenvalue weighted by atomic mass is 10.2. The van der Waals surface area contributed by atoms with E-state index in [2.05, 4.69) is 10.9 Å². The maximum atomic E-state index is 12.5. The Labute approximate surface area is 150 Å². The Morgan fingerprint density at radius 2 is 1.81 bits per heavy atom. The van der Waals surface area contributed by atoms with Crippen molar-refractivity contribution >= 4 is 23.4 Å². The monoisotopic (exact) mass is 353 g/mol. The van der Waals surface area contributed by atoms with Gasteiger partial charge in [-0.2, -0.15) is 0 Å². The van der Waals surface area contributed by atoms with Crippen molar-refractivity contribution < 1.29 is 19.1 Å². The molecule has 0 spiro atoms. The number of anilines is 1. The molecule has 1 saturated heterocycles. The highest BCUT2D eigenvalue weighted by atomic mass is 16.5. The van der Waals surface area contributed by atoms with Crippen LogP contribution < -0.4 is 20.5 Å². The molecule has 26 heavy (non-hydrogen) atoms. The number of imide groups is 1. The molecular formula is C19H19N3O4. The molecule has 0 radical (unpaired) electrons. The fraction of sp³-hybridized carbons (Fsp3) is 0.211. The molecule has 0 aliphatic carbocycles. The number of hydrazine groups is 1. The molecule has 3 amide bonds. The Morgan fingerprint density at radius 3 is 2.46 bits per heavy atom. The molecule has 1 aliphatic rings. The van der Waals surface area contributed by atoms with Crippen molar-refractivity contribution in [3.05, 3.63) is 60.2 Å². The van der Waals surface area contributed by atoms with E-state index < -0.39 is 11.9 Å². The summed E-state index contributed by atoms with van der Waals surface area (Å²) >= 11 is 0. The number of nitrogens with one attached hydrogen (secondary N) is 2. The molecule has 134 valence electrons. The zero-order chi connectivity index (χ0) is 18.5. The van der Waals surface area contributed by atoms with Crippen LogP contribution in [0.4, 0.5) is 5.69 Å². The lowest BCUT2D eigenvalue weighted by molar-refractivity contribution is -0.121. The molecule has 2 N–H and O–H groups in total. The molecule has 1 heterocycles. The topological polar surface area (TPSA) is 87.7 Å². The van der Waals surface area contributed by atoms with Crippen molar-refractivity contribution in [2.24, 2.45) is 0 Å². The number of amides is 3. The van der Waals surface area contributed by atoms with Crippen LogP contribution in [0.3, 0.4) is 0 Å². The maximum Gasteiger partial charge on any atom is 0.265 e. The zero-order valence-electron chi connectivity index (χ0n) is 14.3. The summed E-state index contributed by atoms with van der Waals surface area (Å²) in [5, 5.41) is 0. The van der Waals surface area contributed by atoms with Crippen LogP contribution in [0.15, 0.2) is 54.6 Å². The lowest BCUT2D eigenvalue weighted by Crippen LogP contribution is -2.48. The molecule has 1 atom stereocenters. The van der Waals surface area contributed by atoms with Crippen molar-refractivity contribution in [2.45, 2.75) is 19.4 Å². The Balaban J connectivity index is 1.64. The van der Waals surface area contributed by atoms with E-state index >= 15 is 0 Å². The molecule has 7 nitrogen and oxygen atoms in total. The van der Waals surface area contributed by atoms with Crippen LogP contribution in [-0.4, -0.2) is 30.4 Å². The molecular weight excluding hydrogens is 334 g/mol. The molecule has 7 heteroatoms. The van der Waals surface area contributed by atoms with E-state index in [0.717, 1.165) is 4.90 Å². The summed E-state index contributed by atoms with van der Waals surface area (Å²) in [5.41, 5.74) is 6.07. The van der Waals surface area contributed by atoms with Gasteiger partial charge < -0.3 is 4.74 Å². The van der Waals surface area contributed by atoms with Gasteiger partial charge in [-0.05, 0) is 43.3 Å². The number of benzene rings is 2. The second-order valence-electron chi connectivity index (χ2n) is 5.72. The van der Waals surface area contributed by atoms with E-state index in [1.54, 1.807) is 54.6 Å².